The van der Waals surface area contributed by atoms with Gasteiger partial charge in [0.1, 0.15) is 5.75 Å². The number of anilines is 2. The van der Waals surface area contributed by atoms with Gasteiger partial charge >= 0.3 is 0 Å². The molecule has 0 aliphatic heterocycles. The van der Waals surface area contributed by atoms with Gasteiger partial charge in [-0.2, -0.15) is 0 Å². The molecule has 1 saturated carbocycles. The number of hydrogen-bond acceptors (Lipinski definition) is 3. The number of rotatable bonds is 6. The summed E-state index contributed by atoms with van der Waals surface area (Å²) in [7, 11) is 0. The van der Waals surface area contributed by atoms with E-state index in [0.717, 1.165) is 37.1 Å². The molecule has 1 aromatic carbocycles. The molecule has 2 rings (SSSR count). The van der Waals surface area contributed by atoms with E-state index in [1.165, 1.54) is 18.5 Å². The maximum atomic E-state index is 5.92. The Balaban J connectivity index is 2.16. The second-order valence-corrected chi connectivity index (χ2v) is 4.59. The highest BCUT2D eigenvalue weighted by Crippen LogP contribution is 2.34. The van der Waals surface area contributed by atoms with Crippen molar-refractivity contribution in [1.82, 2.24) is 0 Å². The van der Waals surface area contributed by atoms with E-state index in [0.29, 0.717) is 0 Å². The summed E-state index contributed by atoms with van der Waals surface area (Å²) in [5.74, 6) is 0.823. The zero-order valence-electron chi connectivity index (χ0n) is 10.8. The molecule has 0 amide bonds. The molecule has 1 aliphatic rings. The summed E-state index contributed by atoms with van der Waals surface area (Å²) in [6, 6.07) is 6.84. The lowest BCUT2D eigenvalue weighted by atomic mass is 10.2. The highest BCUT2D eigenvalue weighted by atomic mass is 16.5. The van der Waals surface area contributed by atoms with Gasteiger partial charge in [-0.05, 0) is 38.3 Å². The molecule has 0 unspecified atom stereocenters. The minimum Gasteiger partial charge on any atom is -0.491 e. The van der Waals surface area contributed by atoms with Crippen LogP contribution in [-0.2, 0) is 0 Å². The second kappa shape index (κ2) is 5.30. The van der Waals surface area contributed by atoms with Crippen molar-refractivity contribution in [2.24, 2.45) is 0 Å². The van der Waals surface area contributed by atoms with Gasteiger partial charge in [0.05, 0.1) is 12.3 Å². The topological polar surface area (TPSA) is 38.5 Å². The fraction of sp³-hybridized carbons (Fsp3) is 0.571. The predicted octanol–water partition coefficient (Wildman–Crippen LogP) is 3.05. The molecular weight excluding hydrogens is 212 g/mol. The molecule has 3 nitrogen and oxygen atoms in total. The SMILES string of the molecule is CCCOc1cc(N(CC)C2CC2)ccc1N. The summed E-state index contributed by atoms with van der Waals surface area (Å²) in [4.78, 5) is 2.43. The van der Waals surface area contributed by atoms with E-state index in [-0.39, 0.29) is 0 Å². The van der Waals surface area contributed by atoms with Crippen molar-refractivity contribution in [3.05, 3.63) is 18.2 Å². The summed E-state index contributed by atoms with van der Waals surface area (Å²) in [5.41, 5.74) is 7.88. The van der Waals surface area contributed by atoms with Crippen LogP contribution in [0.15, 0.2) is 18.2 Å². The van der Waals surface area contributed by atoms with Gasteiger partial charge in [-0.1, -0.05) is 6.92 Å². The quantitative estimate of drug-likeness (QED) is 0.769. The Hall–Kier alpha value is -1.38. The van der Waals surface area contributed by atoms with Crippen LogP contribution in [0.3, 0.4) is 0 Å². The first kappa shape index (κ1) is 12.1. The molecule has 0 aromatic heterocycles. The summed E-state index contributed by atoms with van der Waals surface area (Å²) in [6.45, 7) is 6.06. The molecule has 0 saturated heterocycles. The summed E-state index contributed by atoms with van der Waals surface area (Å²) in [5, 5.41) is 0. The molecule has 0 spiro atoms. The van der Waals surface area contributed by atoms with Crippen molar-refractivity contribution in [2.75, 3.05) is 23.8 Å². The summed E-state index contributed by atoms with van der Waals surface area (Å²) >= 11 is 0. The number of benzene rings is 1. The van der Waals surface area contributed by atoms with Crippen molar-refractivity contribution in [2.45, 2.75) is 39.2 Å². The molecule has 94 valence electrons. The standard InChI is InChI=1S/C14H22N2O/c1-3-9-17-14-10-12(7-8-13(14)15)16(4-2)11-5-6-11/h7-8,10-11H,3-6,9,15H2,1-2H3. The zero-order valence-corrected chi connectivity index (χ0v) is 10.8. The highest BCUT2D eigenvalue weighted by molar-refractivity contribution is 5.63. The van der Waals surface area contributed by atoms with Crippen LogP contribution in [0.5, 0.6) is 5.75 Å². The van der Waals surface area contributed by atoms with Gasteiger partial charge in [0.15, 0.2) is 0 Å². The van der Waals surface area contributed by atoms with Crippen LogP contribution in [-0.4, -0.2) is 19.2 Å². The average Bonchev–Trinajstić information content (AvgIpc) is 3.15. The molecule has 17 heavy (non-hydrogen) atoms. The third-order valence-electron chi connectivity index (χ3n) is 3.12. The monoisotopic (exact) mass is 234 g/mol. The Kier molecular flexibility index (Phi) is 3.77. The third-order valence-corrected chi connectivity index (χ3v) is 3.12. The van der Waals surface area contributed by atoms with Crippen LogP contribution in [0.4, 0.5) is 11.4 Å². The normalized spacial score (nSPS) is 14.7. The van der Waals surface area contributed by atoms with Crippen molar-refractivity contribution < 1.29 is 4.74 Å². The maximum Gasteiger partial charge on any atom is 0.144 e. The lowest BCUT2D eigenvalue weighted by molar-refractivity contribution is 0.319. The van der Waals surface area contributed by atoms with Crippen molar-refractivity contribution in [3.63, 3.8) is 0 Å². The molecule has 1 fully saturated rings. The van der Waals surface area contributed by atoms with Crippen molar-refractivity contribution in [3.8, 4) is 5.75 Å². The number of hydrogen-bond donors (Lipinski definition) is 1. The van der Waals surface area contributed by atoms with Crippen molar-refractivity contribution >= 4 is 11.4 Å². The van der Waals surface area contributed by atoms with E-state index in [1.54, 1.807) is 0 Å². The molecule has 0 atom stereocenters. The second-order valence-electron chi connectivity index (χ2n) is 4.59. The molecule has 2 N–H and O–H groups in total. The fourth-order valence-electron chi connectivity index (χ4n) is 2.08. The zero-order chi connectivity index (χ0) is 12.3. The maximum absolute atomic E-state index is 5.92. The van der Waals surface area contributed by atoms with Crippen LogP contribution < -0.4 is 15.4 Å². The Morgan fingerprint density at radius 1 is 1.35 bits per heavy atom. The van der Waals surface area contributed by atoms with E-state index in [1.807, 2.05) is 6.07 Å². The van der Waals surface area contributed by atoms with Gasteiger partial charge in [-0.15, -0.1) is 0 Å². The largest absolute Gasteiger partial charge is 0.491 e. The van der Waals surface area contributed by atoms with Crippen LogP contribution in [0.1, 0.15) is 33.1 Å². The third kappa shape index (κ3) is 2.84. The number of ether oxygens (including phenoxy) is 1. The minimum atomic E-state index is 0.725. The van der Waals surface area contributed by atoms with Crippen LogP contribution >= 0.6 is 0 Å². The predicted molar refractivity (Wildman–Crippen MR) is 72.7 cm³/mol. The molecule has 1 aromatic rings. The van der Waals surface area contributed by atoms with Gasteiger partial charge in [0.25, 0.3) is 0 Å². The average molecular weight is 234 g/mol. The molecule has 1 aliphatic carbocycles. The number of nitrogens with zero attached hydrogens (tertiary/aromatic N) is 1. The van der Waals surface area contributed by atoms with Gasteiger partial charge in [0, 0.05) is 24.3 Å². The smallest absolute Gasteiger partial charge is 0.144 e. The Morgan fingerprint density at radius 2 is 2.12 bits per heavy atom. The minimum absolute atomic E-state index is 0.725. The molecule has 3 heteroatoms. The van der Waals surface area contributed by atoms with E-state index >= 15 is 0 Å². The molecular formula is C14H22N2O. The Morgan fingerprint density at radius 3 is 2.71 bits per heavy atom. The Bertz CT molecular complexity index is 374. The van der Waals surface area contributed by atoms with Crippen LogP contribution in [0.2, 0.25) is 0 Å². The summed E-state index contributed by atoms with van der Waals surface area (Å²) in [6.07, 6.45) is 3.62. The highest BCUT2D eigenvalue weighted by Gasteiger charge is 2.28. The lowest BCUT2D eigenvalue weighted by Crippen LogP contribution is -2.24. The molecule has 0 radical (unpaired) electrons. The first-order valence-corrected chi connectivity index (χ1v) is 6.55. The van der Waals surface area contributed by atoms with E-state index in [9.17, 15) is 0 Å². The van der Waals surface area contributed by atoms with Crippen LogP contribution in [0.25, 0.3) is 0 Å². The number of nitrogens with two attached hydrogens (primary N) is 1. The first-order valence-electron chi connectivity index (χ1n) is 6.55. The van der Waals surface area contributed by atoms with Gasteiger partial charge < -0.3 is 15.4 Å². The first-order chi connectivity index (χ1) is 8.26. The lowest BCUT2D eigenvalue weighted by Gasteiger charge is -2.23. The molecule has 0 bridgehead atoms. The summed E-state index contributed by atoms with van der Waals surface area (Å²) < 4.78 is 5.67. The van der Waals surface area contributed by atoms with Gasteiger partial charge in [0.2, 0.25) is 0 Å². The van der Waals surface area contributed by atoms with E-state index < -0.39 is 0 Å². The fourth-order valence-corrected chi connectivity index (χ4v) is 2.08. The van der Waals surface area contributed by atoms with Crippen LogP contribution in [0, 0.1) is 0 Å². The van der Waals surface area contributed by atoms with Crippen molar-refractivity contribution in [1.29, 1.82) is 0 Å². The van der Waals surface area contributed by atoms with E-state index in [4.69, 9.17) is 10.5 Å². The Labute approximate surface area is 104 Å². The van der Waals surface area contributed by atoms with Gasteiger partial charge in [-0.25, -0.2) is 0 Å². The number of nitrogen functional groups attached to an aromatic ring is 1. The molecule has 0 heterocycles. The van der Waals surface area contributed by atoms with Gasteiger partial charge in [-0.3, -0.25) is 0 Å². The van der Waals surface area contributed by atoms with E-state index in [2.05, 4.69) is 30.9 Å².